The Kier molecular flexibility index (Phi) is 7.15. The normalized spacial score (nSPS) is 17.7. The Morgan fingerprint density at radius 3 is 2.41 bits per heavy atom. The minimum Gasteiger partial charge on any atom is -0.406 e. The predicted molar refractivity (Wildman–Crippen MR) is 107 cm³/mol. The van der Waals surface area contributed by atoms with Crippen molar-refractivity contribution < 1.29 is 40.7 Å². The molecule has 1 fully saturated rings. The molecule has 2 heterocycles. The number of piperazine rings is 1. The van der Waals surface area contributed by atoms with Crippen LogP contribution >= 0.6 is 11.6 Å². The van der Waals surface area contributed by atoms with Crippen LogP contribution in [0.3, 0.4) is 0 Å². The Morgan fingerprint density at radius 1 is 1.21 bits per heavy atom. The Balaban J connectivity index is 1.96. The van der Waals surface area contributed by atoms with Gasteiger partial charge in [0, 0.05) is 19.3 Å². The van der Waals surface area contributed by atoms with Crippen LogP contribution in [0.25, 0.3) is 0 Å². The monoisotopic (exact) mass is 510 g/mol. The number of hydrogen-bond acceptors (Lipinski definition) is 4. The third-order valence-electron chi connectivity index (χ3n) is 4.94. The molecule has 1 aromatic carbocycles. The van der Waals surface area contributed by atoms with Gasteiger partial charge in [0.15, 0.2) is 5.69 Å². The molecule has 3 amide bonds. The summed E-state index contributed by atoms with van der Waals surface area (Å²) < 4.78 is 80.3. The van der Waals surface area contributed by atoms with Gasteiger partial charge in [0.25, 0.3) is 0 Å². The lowest BCUT2D eigenvalue weighted by atomic mass is 9.99. The number of benzene rings is 1. The van der Waals surface area contributed by atoms with Crippen LogP contribution in [0.4, 0.5) is 31.1 Å². The Bertz CT molecular complexity index is 1060. The summed E-state index contributed by atoms with van der Waals surface area (Å²) in [5.74, 6) is -0.933. The summed E-state index contributed by atoms with van der Waals surface area (Å²) in [7, 11) is 0. The predicted octanol–water partition coefficient (Wildman–Crippen LogP) is 4.27. The number of aromatic nitrogens is 1. The second kappa shape index (κ2) is 9.57. The Hall–Kier alpha value is -3.22. The highest BCUT2D eigenvalue weighted by atomic mass is 35.5. The fraction of sp³-hybridized carbons (Fsp3) is 0.350. The van der Waals surface area contributed by atoms with Gasteiger partial charge >= 0.3 is 18.6 Å². The van der Waals surface area contributed by atoms with E-state index in [0.717, 1.165) is 24.4 Å². The van der Waals surface area contributed by atoms with E-state index >= 15 is 0 Å². The highest BCUT2D eigenvalue weighted by Gasteiger charge is 2.36. The van der Waals surface area contributed by atoms with Crippen molar-refractivity contribution in [2.24, 2.45) is 0 Å². The molecule has 0 radical (unpaired) electrons. The maximum atomic E-state index is 13.0. The smallest absolute Gasteiger partial charge is 0.406 e. The van der Waals surface area contributed by atoms with Crippen LogP contribution in [0.2, 0.25) is 5.02 Å². The van der Waals surface area contributed by atoms with E-state index in [1.54, 1.807) is 0 Å². The summed E-state index contributed by atoms with van der Waals surface area (Å²) in [6.07, 6.45) is -8.89. The van der Waals surface area contributed by atoms with Gasteiger partial charge in [0.05, 0.1) is 11.1 Å². The van der Waals surface area contributed by atoms with E-state index in [9.17, 15) is 35.9 Å². The number of halogens is 7. The second-order valence-electron chi connectivity index (χ2n) is 7.26. The first-order valence-corrected chi connectivity index (χ1v) is 10.1. The highest BCUT2D eigenvalue weighted by Crippen LogP contribution is 2.35. The van der Waals surface area contributed by atoms with Gasteiger partial charge in [-0.2, -0.15) is 13.2 Å². The number of pyridine rings is 1. The van der Waals surface area contributed by atoms with Crippen molar-refractivity contribution in [3.63, 3.8) is 0 Å². The largest absolute Gasteiger partial charge is 0.573 e. The van der Waals surface area contributed by atoms with Crippen LogP contribution < -0.4 is 15.4 Å². The average Bonchev–Trinajstić information content (AvgIpc) is 2.72. The van der Waals surface area contributed by atoms with E-state index in [1.807, 2.05) is 0 Å². The first-order valence-electron chi connectivity index (χ1n) is 9.69. The van der Waals surface area contributed by atoms with Gasteiger partial charge in [0.2, 0.25) is 5.91 Å². The van der Waals surface area contributed by atoms with E-state index in [4.69, 9.17) is 11.6 Å². The summed E-state index contributed by atoms with van der Waals surface area (Å²) in [4.78, 5) is 29.4. The lowest BCUT2D eigenvalue weighted by Crippen LogP contribution is -2.58. The minimum atomic E-state index is -4.93. The lowest BCUT2D eigenvalue weighted by molar-refractivity contribution is -0.274. The van der Waals surface area contributed by atoms with Crippen molar-refractivity contribution in [3.8, 4) is 5.75 Å². The van der Waals surface area contributed by atoms with Crippen molar-refractivity contribution in [1.29, 1.82) is 0 Å². The summed E-state index contributed by atoms with van der Waals surface area (Å²) in [6.45, 7) is 1.84. The highest BCUT2D eigenvalue weighted by molar-refractivity contribution is 6.31. The van der Waals surface area contributed by atoms with Crippen LogP contribution in [0.15, 0.2) is 36.5 Å². The van der Waals surface area contributed by atoms with Crippen molar-refractivity contribution in [1.82, 2.24) is 20.5 Å². The van der Waals surface area contributed by atoms with Gasteiger partial charge in [-0.1, -0.05) is 23.7 Å². The third-order valence-corrected chi connectivity index (χ3v) is 5.23. The fourth-order valence-corrected chi connectivity index (χ4v) is 3.59. The fourth-order valence-electron chi connectivity index (χ4n) is 3.31. The van der Waals surface area contributed by atoms with E-state index in [2.05, 4.69) is 20.4 Å². The molecule has 0 aliphatic carbocycles. The van der Waals surface area contributed by atoms with E-state index in [-0.39, 0.29) is 24.2 Å². The van der Waals surface area contributed by atoms with Crippen LogP contribution in [0.5, 0.6) is 5.75 Å². The maximum absolute atomic E-state index is 13.0. The van der Waals surface area contributed by atoms with Gasteiger partial charge in [-0.15, -0.1) is 13.2 Å². The number of nitrogens with zero attached hydrogens (tertiary/aromatic N) is 2. The summed E-state index contributed by atoms with van der Waals surface area (Å²) in [5, 5.41) is 4.44. The third kappa shape index (κ3) is 6.01. The summed E-state index contributed by atoms with van der Waals surface area (Å²) >= 11 is 5.77. The topological polar surface area (TPSA) is 83.6 Å². The number of alkyl halides is 6. The van der Waals surface area contributed by atoms with Crippen LogP contribution in [0.1, 0.15) is 29.8 Å². The zero-order chi connectivity index (χ0) is 25.3. The molecule has 3 rings (SSSR count). The SMILES string of the molecule is C[C@@H]1C(=O)NCCN1C(=O)N[C@@H](c1ccc(OC(F)(F)F)cc1)c1cnc(C(F)(F)F)c(Cl)c1. The maximum Gasteiger partial charge on any atom is 0.573 e. The first-order chi connectivity index (χ1) is 15.8. The Morgan fingerprint density at radius 2 is 1.85 bits per heavy atom. The molecule has 1 aromatic heterocycles. The molecule has 34 heavy (non-hydrogen) atoms. The van der Waals surface area contributed by atoms with Crippen LogP contribution in [0, 0.1) is 0 Å². The lowest BCUT2D eigenvalue weighted by Gasteiger charge is -2.34. The van der Waals surface area contributed by atoms with Gasteiger partial charge in [-0.25, -0.2) is 9.78 Å². The zero-order valence-electron chi connectivity index (χ0n) is 17.3. The average molecular weight is 511 g/mol. The van der Waals surface area contributed by atoms with Gasteiger partial charge in [-0.3, -0.25) is 4.79 Å². The van der Waals surface area contributed by atoms with Crippen LogP contribution in [-0.2, 0) is 11.0 Å². The molecule has 184 valence electrons. The molecule has 1 saturated heterocycles. The molecular formula is C20H17ClF6N4O3. The number of amides is 3. The molecule has 2 aromatic rings. The molecule has 0 bridgehead atoms. The number of ether oxygens (including phenoxy) is 1. The van der Waals surface area contributed by atoms with Crippen LogP contribution in [-0.4, -0.2) is 47.3 Å². The number of hydrogen-bond donors (Lipinski definition) is 2. The second-order valence-corrected chi connectivity index (χ2v) is 7.66. The molecular weight excluding hydrogens is 494 g/mol. The number of nitrogens with one attached hydrogen (secondary N) is 2. The standard InChI is InChI=1S/C20H17ClF6N4O3/c1-10-17(32)28-6-7-31(10)18(33)30-15(11-2-4-13(5-3-11)34-20(25,26)27)12-8-14(21)16(29-9-12)19(22,23)24/h2-5,8-10,15H,6-7H2,1H3,(H,28,32)(H,30,33)/t10-,15+/m1/s1. The molecule has 2 N–H and O–H groups in total. The van der Waals surface area contributed by atoms with Crippen molar-refractivity contribution >= 4 is 23.5 Å². The molecule has 1 aliphatic heterocycles. The number of rotatable bonds is 4. The number of carbonyl (C=O) groups excluding carboxylic acids is 2. The van der Waals surface area contributed by atoms with Crippen molar-refractivity contribution in [3.05, 3.63) is 58.4 Å². The van der Waals surface area contributed by atoms with Gasteiger partial charge in [-0.05, 0) is 36.2 Å². The van der Waals surface area contributed by atoms with E-state index in [0.29, 0.717) is 0 Å². The molecule has 1 aliphatic rings. The van der Waals surface area contributed by atoms with Crippen molar-refractivity contribution in [2.45, 2.75) is 31.5 Å². The minimum absolute atomic E-state index is 0.0324. The van der Waals surface area contributed by atoms with E-state index < -0.39 is 53.0 Å². The number of carbonyl (C=O) groups is 2. The zero-order valence-corrected chi connectivity index (χ0v) is 18.1. The Labute approximate surface area is 194 Å². The molecule has 0 saturated carbocycles. The summed E-state index contributed by atoms with van der Waals surface area (Å²) in [6, 6.07) is 2.61. The molecule has 0 unspecified atom stereocenters. The van der Waals surface area contributed by atoms with Gasteiger partial charge in [0.1, 0.15) is 11.8 Å². The molecule has 14 heteroatoms. The first kappa shape index (κ1) is 25.4. The van der Waals surface area contributed by atoms with E-state index in [1.165, 1.54) is 24.0 Å². The van der Waals surface area contributed by atoms with Gasteiger partial charge < -0.3 is 20.3 Å². The quantitative estimate of drug-likeness (QED) is 0.602. The number of urea groups is 1. The molecule has 7 nitrogen and oxygen atoms in total. The van der Waals surface area contributed by atoms with Crippen molar-refractivity contribution in [2.75, 3.05) is 13.1 Å². The summed E-state index contributed by atoms with van der Waals surface area (Å²) in [5.41, 5.74) is -1.10. The molecule has 2 atom stereocenters. The molecule has 0 spiro atoms.